The van der Waals surface area contributed by atoms with Crippen molar-refractivity contribution in [2.45, 2.75) is 9.79 Å². The number of benzene rings is 4. The van der Waals surface area contributed by atoms with Crippen molar-refractivity contribution in [3.05, 3.63) is 111 Å². The van der Waals surface area contributed by atoms with Gasteiger partial charge in [0.25, 0.3) is 0 Å². The van der Waals surface area contributed by atoms with Gasteiger partial charge in [-0.1, -0.05) is 18.2 Å². The van der Waals surface area contributed by atoms with E-state index in [0.29, 0.717) is 12.1 Å². The van der Waals surface area contributed by atoms with Gasteiger partial charge >= 0.3 is 118 Å². The Kier molecular flexibility index (Phi) is 21.5. The molecule has 5 aromatic rings. The summed E-state index contributed by atoms with van der Waals surface area (Å²) in [4.78, 5) is 38.7. The van der Waals surface area contributed by atoms with Crippen molar-refractivity contribution in [1.29, 1.82) is 0 Å². The van der Waals surface area contributed by atoms with E-state index in [0.717, 1.165) is 24.3 Å². The van der Waals surface area contributed by atoms with Gasteiger partial charge in [-0.25, -0.2) is 33.7 Å². The van der Waals surface area contributed by atoms with E-state index >= 15 is 0 Å². The Morgan fingerprint density at radius 3 is 1.80 bits per heavy atom. The molecule has 2 aliphatic carbocycles. The molecule has 74 heavy (non-hydrogen) atoms. The minimum absolute atomic E-state index is 0. The summed E-state index contributed by atoms with van der Waals surface area (Å²) in [7, 11) is -20.2. The van der Waals surface area contributed by atoms with Crippen LogP contribution in [-0.4, -0.2) is 123 Å². The van der Waals surface area contributed by atoms with Gasteiger partial charge in [-0.3, -0.25) is 20.4 Å². The monoisotopic (exact) mass is 1130 g/mol. The third-order valence-electron chi connectivity index (χ3n) is 10.2. The number of para-hydroxylation sites is 1. The van der Waals surface area contributed by atoms with E-state index in [1.165, 1.54) is 43.5 Å². The summed E-state index contributed by atoms with van der Waals surface area (Å²) in [5.41, 5.74) is 1.01. The second kappa shape index (κ2) is 25.3. The largest absolute Gasteiger partial charge is 1.00 e. The van der Waals surface area contributed by atoms with Crippen molar-refractivity contribution in [3.8, 4) is 5.75 Å². The summed E-state index contributed by atoms with van der Waals surface area (Å²) in [6, 6.07) is 16.3. The molecular formula is C40H30N10Na4O16S4. The standard InChI is InChI=1S/C40H34N10O16S4.4Na/c1-65-25-8-10-28(30(19-25)68(56,57)58)47-49-34-31(69(59,60)61)17-21-15-24(7-9-27(21)36(34)51)41-38-43-39(45-40(44-38)50-11-13-66-14-12-50)42-29-20-26(67(53,54)55)16-22-18-32(70(62,63)64)35(37(52)33(22)29)48-46-23-5-3-2-4-6-23;;;;/h2-10,15-20,46-47H,11-14H2,1H3,(H,53,54,55)(H,56,57,58)(H,59,60,61)(H,62,63,64)(H2,41,42,43,44,45);;;;/q;4*+1/p-4. The first kappa shape index (κ1) is 63.0. The van der Waals surface area contributed by atoms with Gasteiger partial charge in [-0.2, -0.15) is 25.2 Å². The quantitative estimate of drug-likeness (QED) is 0.0456. The van der Waals surface area contributed by atoms with Crippen LogP contribution in [0.4, 0.5) is 40.6 Å². The van der Waals surface area contributed by atoms with Crippen LogP contribution in [-0.2, 0) is 45.2 Å². The topological polar surface area (TPSA) is 396 Å². The first-order chi connectivity index (χ1) is 33.0. The van der Waals surface area contributed by atoms with Crippen LogP contribution in [0.2, 0.25) is 0 Å². The van der Waals surface area contributed by atoms with Gasteiger partial charge < -0.3 is 43.2 Å². The fraction of sp³-hybridized carbons (Fsp3) is 0.125. The minimum Gasteiger partial charge on any atom is -0.744 e. The Hall–Kier alpha value is -3.55. The number of aromatic nitrogens is 3. The van der Waals surface area contributed by atoms with E-state index in [1.807, 2.05) is 0 Å². The van der Waals surface area contributed by atoms with Crippen molar-refractivity contribution >= 4 is 116 Å². The van der Waals surface area contributed by atoms with E-state index < -0.39 is 112 Å². The van der Waals surface area contributed by atoms with Crippen molar-refractivity contribution < 1.29 is 189 Å². The maximum Gasteiger partial charge on any atom is 1.00 e. The molecule has 34 heteroatoms. The van der Waals surface area contributed by atoms with Crippen molar-refractivity contribution in [2.75, 3.05) is 59.8 Å². The van der Waals surface area contributed by atoms with Crippen LogP contribution in [0, 0.1) is 0 Å². The molecule has 1 saturated heterocycles. The molecule has 0 radical (unpaired) electrons. The normalized spacial score (nSPS) is 15.6. The zero-order valence-corrected chi connectivity index (χ0v) is 50.6. The van der Waals surface area contributed by atoms with Gasteiger partial charge in [0, 0.05) is 24.3 Å². The number of carbonyl (C=O) groups is 2. The average Bonchev–Trinajstić information content (AvgIpc) is 3.30. The molecule has 1 fully saturated rings. The van der Waals surface area contributed by atoms with E-state index in [9.17, 15) is 61.5 Å². The Morgan fingerprint density at radius 2 is 1.20 bits per heavy atom. The van der Waals surface area contributed by atoms with Crippen molar-refractivity contribution in [1.82, 2.24) is 15.0 Å². The first-order valence-electron chi connectivity index (χ1n) is 19.7. The summed E-state index contributed by atoms with van der Waals surface area (Å²) in [6.45, 7) is 0.954. The number of hydrogen-bond donors (Lipinski definition) is 4. The Labute approximate surface area is 510 Å². The molecule has 0 spiro atoms. The van der Waals surface area contributed by atoms with E-state index in [1.54, 1.807) is 23.1 Å². The number of morpholine rings is 1. The summed E-state index contributed by atoms with van der Waals surface area (Å²) in [5.74, 6) is -3.06. The minimum atomic E-state index is -5.48. The van der Waals surface area contributed by atoms with Crippen LogP contribution < -0.4 is 149 Å². The number of carbonyl (C=O) groups excluding carboxylic acids is 2. The number of ketones is 2. The SMILES string of the molecule is COc1ccc(NN=C2C(=O)c3ccc(Nc4nc(Nc5cc(S(=O)(=O)[O-])cc6c5C(=O)C(=NNc5ccccc5)C(S(=O)(=O)[O-])=C6)nc(N5CCOCC5)n4)cc3C=C2S(=O)(=O)[O-])c(S(=O)(=O)[O-])c1.[Na+].[Na+].[Na+].[Na+]. The summed E-state index contributed by atoms with van der Waals surface area (Å²) in [5, 5.41) is 13.2. The third kappa shape index (κ3) is 14.5. The zero-order valence-electron chi connectivity index (χ0n) is 39.3. The number of nitrogens with zero attached hydrogens (tertiary/aromatic N) is 6. The number of ether oxygens (including phenoxy) is 2. The van der Waals surface area contributed by atoms with Crippen LogP contribution >= 0.6 is 0 Å². The molecule has 0 amide bonds. The van der Waals surface area contributed by atoms with Crippen LogP contribution in [0.25, 0.3) is 12.2 Å². The van der Waals surface area contributed by atoms with Crippen molar-refractivity contribution in [2.24, 2.45) is 10.2 Å². The molecule has 3 aliphatic rings. The van der Waals surface area contributed by atoms with Crippen LogP contribution in [0.3, 0.4) is 0 Å². The number of methoxy groups -OCH3 is 1. The predicted molar refractivity (Wildman–Crippen MR) is 244 cm³/mol. The predicted octanol–water partition coefficient (Wildman–Crippen LogP) is -9.87. The maximum absolute atomic E-state index is 14.2. The van der Waals surface area contributed by atoms with Gasteiger partial charge in [0.05, 0.1) is 62.6 Å². The Morgan fingerprint density at radius 1 is 0.608 bits per heavy atom. The van der Waals surface area contributed by atoms with Gasteiger partial charge in [0.15, 0.2) is 0 Å². The number of rotatable bonds is 14. The Balaban J connectivity index is 0.00000296. The van der Waals surface area contributed by atoms with E-state index in [4.69, 9.17) is 9.47 Å². The van der Waals surface area contributed by atoms with E-state index in [-0.39, 0.29) is 185 Å². The smallest absolute Gasteiger partial charge is 0.744 e. The van der Waals surface area contributed by atoms with Gasteiger partial charge in [-0.15, -0.1) is 0 Å². The first-order valence-corrected chi connectivity index (χ1v) is 25.3. The summed E-state index contributed by atoms with van der Waals surface area (Å²) in [6.07, 6.45) is 1.51. The number of hydrazone groups is 2. The molecule has 0 saturated carbocycles. The van der Waals surface area contributed by atoms with Crippen LogP contribution in [0.1, 0.15) is 31.8 Å². The fourth-order valence-corrected chi connectivity index (χ4v) is 9.47. The molecule has 2 heterocycles. The fourth-order valence-electron chi connectivity index (χ4n) is 7.00. The Bertz CT molecular complexity index is 3640. The molecule has 0 atom stereocenters. The summed E-state index contributed by atoms with van der Waals surface area (Å²) < 4.78 is 159. The van der Waals surface area contributed by atoms with Crippen molar-refractivity contribution in [3.63, 3.8) is 0 Å². The average molecular weight is 1130 g/mol. The molecular weight excluding hydrogens is 1100 g/mol. The number of hydrogen-bond acceptors (Lipinski definition) is 26. The number of anilines is 7. The molecule has 4 aromatic carbocycles. The number of fused-ring (bicyclic) bond motifs is 2. The van der Waals surface area contributed by atoms with Gasteiger partial charge in [-0.05, 0) is 83.9 Å². The molecule has 4 N–H and O–H groups in total. The van der Waals surface area contributed by atoms with Gasteiger partial charge in [0.2, 0.25) is 29.4 Å². The molecule has 364 valence electrons. The van der Waals surface area contributed by atoms with Gasteiger partial charge in [0.1, 0.15) is 57.6 Å². The molecule has 1 aliphatic heterocycles. The molecule has 26 nitrogen and oxygen atoms in total. The maximum atomic E-state index is 14.2. The molecule has 1 aromatic heterocycles. The van der Waals surface area contributed by atoms with Crippen LogP contribution in [0.15, 0.2) is 109 Å². The number of Topliss-reactive ketones (excluding diaryl/α,β-unsaturated/α-hetero) is 2. The molecule has 0 bridgehead atoms. The zero-order chi connectivity index (χ0) is 50.3. The summed E-state index contributed by atoms with van der Waals surface area (Å²) >= 11 is 0. The molecule has 0 unspecified atom stereocenters. The second-order valence-electron chi connectivity index (χ2n) is 14.7. The van der Waals surface area contributed by atoms with Crippen LogP contribution in [0.5, 0.6) is 5.75 Å². The number of allylic oxidation sites excluding steroid dienone is 2. The third-order valence-corrected chi connectivity index (χ3v) is 13.6. The van der Waals surface area contributed by atoms with E-state index in [2.05, 4.69) is 46.6 Å². The second-order valence-corrected chi connectivity index (χ2v) is 20.2. The molecule has 8 rings (SSSR count). The number of nitrogens with one attached hydrogen (secondary N) is 4.